The molecule has 1 aromatic carbocycles. The second-order valence-electron chi connectivity index (χ2n) is 5.23. The number of anilines is 3. The summed E-state index contributed by atoms with van der Waals surface area (Å²) in [6.07, 6.45) is 3.55. The molecule has 0 fully saturated rings. The van der Waals surface area contributed by atoms with Crippen molar-refractivity contribution in [1.29, 1.82) is 0 Å². The Kier molecular flexibility index (Phi) is 4.47. The Morgan fingerprint density at radius 3 is 2.57 bits per heavy atom. The van der Waals surface area contributed by atoms with Gasteiger partial charge in [0, 0.05) is 36.3 Å². The van der Waals surface area contributed by atoms with Gasteiger partial charge in [-0.1, -0.05) is 17.7 Å². The van der Waals surface area contributed by atoms with Crippen LogP contribution in [-0.2, 0) is 0 Å². The average molecular weight is 305 g/mol. The van der Waals surface area contributed by atoms with Crippen molar-refractivity contribution in [3.63, 3.8) is 0 Å². The first-order valence-electron chi connectivity index (χ1n) is 7.61. The van der Waals surface area contributed by atoms with Crippen LogP contribution in [-0.4, -0.2) is 21.5 Å². The zero-order valence-electron chi connectivity index (χ0n) is 13.2. The molecule has 2 aromatic heterocycles. The molecule has 2 heterocycles. The fourth-order valence-corrected chi connectivity index (χ4v) is 2.20. The van der Waals surface area contributed by atoms with E-state index in [1.54, 1.807) is 12.4 Å². The zero-order valence-corrected chi connectivity index (χ0v) is 13.2. The Hall–Kier alpha value is -2.95. The number of rotatable bonds is 5. The highest BCUT2D eigenvalue weighted by Gasteiger charge is 2.07. The molecule has 0 saturated heterocycles. The summed E-state index contributed by atoms with van der Waals surface area (Å²) in [6.45, 7) is 4.85. The van der Waals surface area contributed by atoms with Crippen molar-refractivity contribution < 1.29 is 0 Å². The Morgan fingerprint density at radius 1 is 1.04 bits per heavy atom. The maximum absolute atomic E-state index is 4.55. The van der Waals surface area contributed by atoms with Gasteiger partial charge in [-0.25, -0.2) is 4.98 Å². The van der Waals surface area contributed by atoms with E-state index in [0.29, 0.717) is 5.95 Å². The van der Waals surface area contributed by atoms with Crippen molar-refractivity contribution >= 4 is 17.5 Å². The normalized spacial score (nSPS) is 10.3. The molecule has 0 radical (unpaired) electrons. The molecule has 0 saturated carbocycles. The summed E-state index contributed by atoms with van der Waals surface area (Å²) in [6, 6.07) is 14.0. The summed E-state index contributed by atoms with van der Waals surface area (Å²) >= 11 is 0. The maximum Gasteiger partial charge on any atom is 0.225 e. The van der Waals surface area contributed by atoms with Gasteiger partial charge in [0.1, 0.15) is 5.82 Å². The van der Waals surface area contributed by atoms with Gasteiger partial charge in [-0.3, -0.25) is 4.98 Å². The van der Waals surface area contributed by atoms with Gasteiger partial charge in [0.2, 0.25) is 5.95 Å². The minimum atomic E-state index is 0.600. The van der Waals surface area contributed by atoms with Crippen LogP contribution < -0.4 is 10.6 Å². The number of hydrogen-bond donors (Lipinski definition) is 2. The lowest BCUT2D eigenvalue weighted by Crippen LogP contribution is -2.05. The maximum atomic E-state index is 4.55. The van der Waals surface area contributed by atoms with Gasteiger partial charge in [-0.15, -0.1) is 0 Å². The van der Waals surface area contributed by atoms with E-state index in [4.69, 9.17) is 0 Å². The minimum absolute atomic E-state index is 0.600. The van der Waals surface area contributed by atoms with E-state index in [1.165, 1.54) is 5.56 Å². The van der Waals surface area contributed by atoms with Crippen molar-refractivity contribution in [1.82, 2.24) is 15.0 Å². The molecule has 116 valence electrons. The van der Waals surface area contributed by atoms with Crippen molar-refractivity contribution in [2.24, 2.45) is 0 Å². The molecule has 0 unspecified atom stereocenters. The van der Waals surface area contributed by atoms with Gasteiger partial charge in [0.05, 0.1) is 5.69 Å². The second-order valence-corrected chi connectivity index (χ2v) is 5.23. The van der Waals surface area contributed by atoms with Gasteiger partial charge < -0.3 is 10.6 Å². The van der Waals surface area contributed by atoms with E-state index in [-0.39, 0.29) is 0 Å². The van der Waals surface area contributed by atoms with E-state index in [0.717, 1.165) is 29.3 Å². The Balaban J connectivity index is 1.95. The lowest BCUT2D eigenvalue weighted by Gasteiger charge is -2.11. The summed E-state index contributed by atoms with van der Waals surface area (Å²) < 4.78 is 0. The highest BCUT2D eigenvalue weighted by atomic mass is 15.1. The first-order chi connectivity index (χ1) is 11.2. The lowest BCUT2D eigenvalue weighted by molar-refractivity contribution is 1.09. The molecular weight excluding hydrogens is 286 g/mol. The van der Waals surface area contributed by atoms with Gasteiger partial charge in [0.15, 0.2) is 0 Å². The summed E-state index contributed by atoms with van der Waals surface area (Å²) in [4.78, 5) is 13.2. The number of pyridine rings is 1. The van der Waals surface area contributed by atoms with Crippen LogP contribution in [0.2, 0.25) is 0 Å². The third-order valence-corrected chi connectivity index (χ3v) is 3.34. The molecule has 0 spiro atoms. The first-order valence-corrected chi connectivity index (χ1v) is 7.61. The fraction of sp³-hybridized carbons (Fsp3) is 0.167. The third-order valence-electron chi connectivity index (χ3n) is 3.34. The van der Waals surface area contributed by atoms with Crippen LogP contribution in [0, 0.1) is 6.92 Å². The average Bonchev–Trinajstić information content (AvgIpc) is 2.58. The van der Waals surface area contributed by atoms with E-state index in [1.807, 2.05) is 37.3 Å². The second kappa shape index (κ2) is 6.87. The summed E-state index contributed by atoms with van der Waals surface area (Å²) in [5, 5.41) is 6.50. The van der Waals surface area contributed by atoms with E-state index in [2.05, 4.69) is 44.6 Å². The minimum Gasteiger partial charge on any atom is -0.354 e. The molecule has 5 nitrogen and oxygen atoms in total. The van der Waals surface area contributed by atoms with Gasteiger partial charge in [-0.05, 0) is 38.1 Å². The number of hydrogen-bond acceptors (Lipinski definition) is 5. The molecule has 0 aliphatic carbocycles. The zero-order chi connectivity index (χ0) is 16.1. The SMILES string of the molecule is CCNc1nc(Nc2ccc(C)cc2)cc(-c2cccnc2)n1. The quantitative estimate of drug-likeness (QED) is 0.745. The van der Waals surface area contributed by atoms with Crippen LogP contribution in [0.3, 0.4) is 0 Å². The molecule has 3 rings (SSSR count). The largest absolute Gasteiger partial charge is 0.354 e. The van der Waals surface area contributed by atoms with Gasteiger partial charge in [0.25, 0.3) is 0 Å². The molecule has 5 heteroatoms. The number of benzene rings is 1. The highest BCUT2D eigenvalue weighted by Crippen LogP contribution is 2.23. The number of aryl methyl sites for hydroxylation is 1. The van der Waals surface area contributed by atoms with Crippen LogP contribution in [0.1, 0.15) is 12.5 Å². The highest BCUT2D eigenvalue weighted by molar-refractivity contribution is 5.66. The monoisotopic (exact) mass is 305 g/mol. The Morgan fingerprint density at radius 2 is 1.87 bits per heavy atom. The summed E-state index contributed by atoms with van der Waals surface area (Å²) in [5.41, 5.74) is 4.01. The molecule has 0 bridgehead atoms. The van der Waals surface area contributed by atoms with Crippen molar-refractivity contribution in [2.75, 3.05) is 17.2 Å². The van der Waals surface area contributed by atoms with Crippen molar-refractivity contribution in [3.05, 3.63) is 60.4 Å². The topological polar surface area (TPSA) is 62.7 Å². The van der Waals surface area contributed by atoms with Crippen LogP contribution in [0.4, 0.5) is 17.5 Å². The van der Waals surface area contributed by atoms with Gasteiger partial charge in [-0.2, -0.15) is 4.98 Å². The fourth-order valence-electron chi connectivity index (χ4n) is 2.20. The summed E-state index contributed by atoms with van der Waals surface area (Å²) in [5.74, 6) is 1.35. The van der Waals surface area contributed by atoms with Crippen LogP contribution in [0.25, 0.3) is 11.3 Å². The predicted octanol–water partition coefficient (Wildman–Crippen LogP) is 4.02. The standard InChI is InChI=1S/C18H19N5/c1-3-20-18-22-16(14-5-4-10-19-12-14)11-17(23-18)21-15-8-6-13(2)7-9-15/h4-12H,3H2,1-2H3,(H2,20,21,22,23). The van der Waals surface area contributed by atoms with Crippen LogP contribution >= 0.6 is 0 Å². The molecule has 0 aliphatic heterocycles. The van der Waals surface area contributed by atoms with Gasteiger partial charge >= 0.3 is 0 Å². The predicted molar refractivity (Wildman–Crippen MR) is 93.9 cm³/mol. The third kappa shape index (κ3) is 3.83. The molecular formula is C18H19N5. The molecule has 23 heavy (non-hydrogen) atoms. The molecule has 2 N–H and O–H groups in total. The molecule has 0 atom stereocenters. The number of aromatic nitrogens is 3. The number of nitrogens with zero attached hydrogens (tertiary/aromatic N) is 3. The van der Waals surface area contributed by atoms with Crippen molar-refractivity contribution in [2.45, 2.75) is 13.8 Å². The first kappa shape index (κ1) is 15.0. The van der Waals surface area contributed by atoms with Crippen LogP contribution in [0.15, 0.2) is 54.9 Å². The molecule has 0 aliphatic rings. The number of nitrogens with one attached hydrogen (secondary N) is 2. The van der Waals surface area contributed by atoms with E-state index >= 15 is 0 Å². The molecule has 3 aromatic rings. The van der Waals surface area contributed by atoms with E-state index in [9.17, 15) is 0 Å². The smallest absolute Gasteiger partial charge is 0.225 e. The Bertz CT molecular complexity index is 769. The van der Waals surface area contributed by atoms with Crippen LogP contribution in [0.5, 0.6) is 0 Å². The Labute approximate surface area is 135 Å². The van der Waals surface area contributed by atoms with E-state index < -0.39 is 0 Å². The van der Waals surface area contributed by atoms with Crippen molar-refractivity contribution in [3.8, 4) is 11.3 Å². The molecule has 0 amide bonds. The summed E-state index contributed by atoms with van der Waals surface area (Å²) in [7, 11) is 0. The lowest BCUT2D eigenvalue weighted by atomic mass is 10.2.